The predicted octanol–water partition coefficient (Wildman–Crippen LogP) is 2.71. The van der Waals surface area contributed by atoms with Crippen molar-refractivity contribution in [3.8, 4) is 5.75 Å². The number of hydrogen-bond acceptors (Lipinski definition) is 7. The van der Waals surface area contributed by atoms with Gasteiger partial charge in [-0.2, -0.15) is 5.10 Å². The van der Waals surface area contributed by atoms with E-state index in [1.165, 1.54) is 12.4 Å². The molecule has 4 heterocycles. The first kappa shape index (κ1) is 23.1. The zero-order valence-electron chi connectivity index (χ0n) is 19.0. The Morgan fingerprint density at radius 3 is 2.76 bits per heavy atom. The number of aromatic nitrogens is 4. The maximum atomic E-state index is 10.6. The summed E-state index contributed by atoms with van der Waals surface area (Å²) < 4.78 is 7.06. The number of aromatic carboxylic acids is 1. The van der Waals surface area contributed by atoms with Gasteiger partial charge in [0.2, 0.25) is 0 Å². The molecule has 178 valence electrons. The summed E-state index contributed by atoms with van der Waals surface area (Å²) in [4.78, 5) is 20.3. The van der Waals surface area contributed by atoms with Crippen LogP contribution in [0.4, 0.5) is 11.4 Å². The van der Waals surface area contributed by atoms with Crippen LogP contribution in [0.25, 0.3) is 11.0 Å². The molecule has 0 radical (unpaired) electrons. The number of H-pyrrole nitrogens is 1. The standard InChI is InChI=1S/C13H19N5O.C11H10N2O2/c1-19-10-6-17-13-11(9(15)5-16-13)12(10)18-4-2-3-8(14)7-18;14-11(15)10-6-12-13(8-10)7-9-4-2-1-3-5-9/h5-6,8H,2-4,7,14-15H2,1H3,(H,16,17);1-6,8H,7H2,(H,14,15)/t8-;/m1./s1. The van der Waals surface area contributed by atoms with Crippen LogP contribution in [0.1, 0.15) is 28.8 Å². The number of carboxylic acid groups (broad SMARTS) is 1. The first-order chi connectivity index (χ1) is 16.5. The van der Waals surface area contributed by atoms with Crippen molar-refractivity contribution in [3.05, 3.63) is 66.2 Å². The van der Waals surface area contributed by atoms with E-state index in [4.69, 9.17) is 21.3 Å². The molecule has 0 saturated carbocycles. The number of nitrogens with zero attached hydrogens (tertiary/aromatic N) is 4. The van der Waals surface area contributed by atoms with Gasteiger partial charge in [0.25, 0.3) is 0 Å². The van der Waals surface area contributed by atoms with Crippen LogP contribution in [0.3, 0.4) is 0 Å². The van der Waals surface area contributed by atoms with Gasteiger partial charge in [-0.1, -0.05) is 30.3 Å². The third kappa shape index (κ3) is 5.12. The lowest BCUT2D eigenvalue weighted by atomic mass is 10.0. The lowest BCUT2D eigenvalue weighted by Crippen LogP contribution is -2.43. The number of nitrogens with two attached hydrogens (primary N) is 2. The van der Waals surface area contributed by atoms with Gasteiger partial charge in [0.1, 0.15) is 5.65 Å². The highest BCUT2D eigenvalue weighted by Gasteiger charge is 2.24. The van der Waals surface area contributed by atoms with Gasteiger partial charge >= 0.3 is 5.97 Å². The number of ether oxygens (including phenoxy) is 1. The van der Waals surface area contributed by atoms with Gasteiger partial charge < -0.3 is 31.2 Å². The molecule has 0 bridgehead atoms. The number of aromatic amines is 1. The number of piperidine rings is 1. The van der Waals surface area contributed by atoms with Gasteiger partial charge in [0.05, 0.1) is 48.4 Å². The molecule has 0 unspecified atom stereocenters. The summed E-state index contributed by atoms with van der Waals surface area (Å²) in [6.45, 7) is 2.38. The first-order valence-electron chi connectivity index (χ1n) is 11.1. The van der Waals surface area contributed by atoms with Crippen LogP contribution in [0, 0.1) is 0 Å². The zero-order chi connectivity index (χ0) is 24.1. The van der Waals surface area contributed by atoms with Crippen molar-refractivity contribution in [2.24, 2.45) is 5.73 Å². The van der Waals surface area contributed by atoms with Crippen LogP contribution < -0.4 is 21.1 Å². The highest BCUT2D eigenvalue weighted by molar-refractivity contribution is 6.02. The van der Waals surface area contributed by atoms with E-state index in [0.717, 1.165) is 54.0 Å². The summed E-state index contributed by atoms with van der Waals surface area (Å²) in [5.74, 6) is -0.206. The van der Waals surface area contributed by atoms with Gasteiger partial charge in [-0.05, 0) is 18.4 Å². The molecule has 3 aromatic heterocycles. The smallest absolute Gasteiger partial charge is 0.338 e. The van der Waals surface area contributed by atoms with Crippen molar-refractivity contribution >= 4 is 28.4 Å². The van der Waals surface area contributed by atoms with E-state index in [1.807, 2.05) is 30.3 Å². The summed E-state index contributed by atoms with van der Waals surface area (Å²) in [5.41, 5.74) is 15.9. The number of nitrogen functional groups attached to an aromatic ring is 1. The number of benzene rings is 1. The minimum Gasteiger partial charge on any atom is -0.493 e. The summed E-state index contributed by atoms with van der Waals surface area (Å²) >= 11 is 0. The average molecular weight is 464 g/mol. The fourth-order valence-electron chi connectivity index (χ4n) is 4.09. The number of rotatable bonds is 5. The number of carbonyl (C=O) groups is 1. The molecule has 4 aromatic rings. The third-order valence-corrected chi connectivity index (χ3v) is 5.73. The van der Waals surface area contributed by atoms with Crippen LogP contribution in [0.15, 0.2) is 55.1 Å². The van der Waals surface area contributed by atoms with Crippen LogP contribution >= 0.6 is 0 Å². The molecular formula is C24H29N7O3. The molecule has 0 aliphatic carbocycles. The molecule has 1 aliphatic heterocycles. The van der Waals surface area contributed by atoms with Gasteiger partial charge in [0.15, 0.2) is 5.75 Å². The molecule has 1 aromatic carbocycles. The van der Waals surface area contributed by atoms with E-state index < -0.39 is 5.97 Å². The third-order valence-electron chi connectivity index (χ3n) is 5.73. The maximum absolute atomic E-state index is 10.6. The Morgan fingerprint density at radius 1 is 1.29 bits per heavy atom. The average Bonchev–Trinajstić information content (AvgIpc) is 3.46. The second-order valence-corrected chi connectivity index (χ2v) is 8.21. The number of anilines is 2. The van der Waals surface area contributed by atoms with Crippen LogP contribution in [-0.4, -0.2) is 57.1 Å². The van der Waals surface area contributed by atoms with Crippen molar-refractivity contribution in [2.75, 3.05) is 30.8 Å². The van der Waals surface area contributed by atoms with E-state index >= 15 is 0 Å². The Balaban J connectivity index is 0.000000166. The summed E-state index contributed by atoms with van der Waals surface area (Å²) in [5, 5.41) is 13.6. The molecule has 6 N–H and O–H groups in total. The maximum Gasteiger partial charge on any atom is 0.338 e. The van der Waals surface area contributed by atoms with Gasteiger partial charge in [-0.15, -0.1) is 0 Å². The van der Waals surface area contributed by atoms with Crippen molar-refractivity contribution in [1.82, 2.24) is 19.7 Å². The Bertz CT molecular complexity index is 1250. The molecule has 10 heteroatoms. The largest absolute Gasteiger partial charge is 0.493 e. The lowest BCUT2D eigenvalue weighted by Gasteiger charge is -2.33. The summed E-state index contributed by atoms with van der Waals surface area (Å²) in [6.07, 6.45) is 8.52. The van der Waals surface area contributed by atoms with E-state index in [9.17, 15) is 4.79 Å². The first-order valence-corrected chi connectivity index (χ1v) is 11.1. The molecule has 5 rings (SSSR count). The monoisotopic (exact) mass is 463 g/mol. The van der Waals surface area contributed by atoms with E-state index in [0.29, 0.717) is 12.2 Å². The number of methoxy groups -OCH3 is 1. The van der Waals surface area contributed by atoms with Crippen molar-refractivity contribution in [3.63, 3.8) is 0 Å². The van der Waals surface area contributed by atoms with Crippen molar-refractivity contribution in [2.45, 2.75) is 25.4 Å². The SMILES string of the molecule is COc1cnc2[nH]cc(N)c2c1N1CCC[C@@H](N)C1.O=C(O)c1cnn(Cc2ccccc2)c1. The molecule has 0 amide bonds. The quantitative estimate of drug-likeness (QED) is 0.353. The molecule has 1 fully saturated rings. The Morgan fingerprint density at radius 2 is 2.09 bits per heavy atom. The Kier molecular flexibility index (Phi) is 6.98. The minimum absolute atomic E-state index is 0.196. The lowest BCUT2D eigenvalue weighted by molar-refractivity contribution is 0.0696. The van der Waals surface area contributed by atoms with E-state index in [2.05, 4.69) is 20.0 Å². The van der Waals surface area contributed by atoms with E-state index in [-0.39, 0.29) is 11.6 Å². The molecular weight excluding hydrogens is 434 g/mol. The van der Waals surface area contributed by atoms with Crippen LogP contribution in [0.2, 0.25) is 0 Å². The summed E-state index contributed by atoms with van der Waals surface area (Å²) in [6, 6.07) is 9.97. The van der Waals surface area contributed by atoms with Crippen LogP contribution in [0.5, 0.6) is 5.75 Å². The number of nitrogens with one attached hydrogen (secondary N) is 1. The van der Waals surface area contributed by atoms with E-state index in [1.54, 1.807) is 24.2 Å². The molecule has 1 aliphatic rings. The minimum atomic E-state index is -0.950. The van der Waals surface area contributed by atoms with Crippen LogP contribution in [-0.2, 0) is 6.54 Å². The second-order valence-electron chi connectivity index (χ2n) is 8.21. The Labute approximate surface area is 197 Å². The Hall–Kier alpha value is -4.05. The highest BCUT2D eigenvalue weighted by atomic mass is 16.5. The summed E-state index contributed by atoms with van der Waals surface area (Å²) in [7, 11) is 1.65. The number of pyridine rings is 1. The van der Waals surface area contributed by atoms with Crippen molar-refractivity contribution in [1.29, 1.82) is 0 Å². The molecule has 0 spiro atoms. The van der Waals surface area contributed by atoms with Gasteiger partial charge in [0, 0.05) is 31.5 Å². The molecule has 1 saturated heterocycles. The highest BCUT2D eigenvalue weighted by Crippen LogP contribution is 2.39. The van der Waals surface area contributed by atoms with Crippen molar-refractivity contribution < 1.29 is 14.6 Å². The molecule has 34 heavy (non-hydrogen) atoms. The topological polar surface area (TPSA) is 148 Å². The molecule has 1 atom stereocenters. The number of carboxylic acids is 1. The molecule has 10 nitrogen and oxygen atoms in total. The fraction of sp³-hybridized carbons (Fsp3) is 0.292. The zero-order valence-corrected chi connectivity index (χ0v) is 19.0. The van der Waals surface area contributed by atoms with Gasteiger partial charge in [-0.3, -0.25) is 4.68 Å². The number of fused-ring (bicyclic) bond motifs is 1. The fourth-order valence-corrected chi connectivity index (χ4v) is 4.09. The predicted molar refractivity (Wildman–Crippen MR) is 131 cm³/mol. The number of hydrogen-bond donors (Lipinski definition) is 4. The van der Waals surface area contributed by atoms with Gasteiger partial charge in [-0.25, -0.2) is 9.78 Å². The second kappa shape index (κ2) is 10.3. The normalized spacial score (nSPS) is 15.6.